The maximum Gasteiger partial charge on any atom is 0.163 e. The molecule has 0 radical (unpaired) electrons. The van der Waals surface area contributed by atoms with Crippen molar-refractivity contribution in [3.63, 3.8) is 0 Å². The van der Waals surface area contributed by atoms with Crippen molar-refractivity contribution < 1.29 is 14.2 Å². The minimum Gasteiger partial charge on any atom is -0.324 e. The van der Waals surface area contributed by atoms with Crippen LogP contribution < -0.4 is 0 Å². The average Bonchev–Trinajstić information content (AvgIpc) is 2.40. The zero-order valence-corrected chi connectivity index (χ0v) is 12.3. The summed E-state index contributed by atoms with van der Waals surface area (Å²) >= 11 is 0. The number of unbranched alkanes of at least 4 members (excludes halogenated alkanes) is 3. The summed E-state index contributed by atoms with van der Waals surface area (Å²) in [4.78, 5) is 0. The fourth-order valence-electron chi connectivity index (χ4n) is 2.12. The summed E-state index contributed by atoms with van der Waals surface area (Å²) in [7, 11) is 0. The van der Waals surface area contributed by atoms with Gasteiger partial charge in [0.25, 0.3) is 0 Å². The Morgan fingerprint density at radius 3 is 1.06 bits per heavy atom. The van der Waals surface area contributed by atoms with E-state index in [0.717, 1.165) is 38.5 Å². The largest absolute Gasteiger partial charge is 0.324 e. The van der Waals surface area contributed by atoms with Gasteiger partial charge >= 0.3 is 0 Å². The van der Waals surface area contributed by atoms with Gasteiger partial charge in [-0.25, -0.2) is 0 Å². The standard InChI is InChI=1S/C15H30O3/c1-4-7-10-13-16-14(11-8-5-2)18-15(17-13)12-9-6-3/h13-15H,4-12H2,1-3H3. The van der Waals surface area contributed by atoms with E-state index in [4.69, 9.17) is 14.2 Å². The predicted octanol–water partition coefficient (Wildman–Crippen LogP) is 4.60. The lowest BCUT2D eigenvalue weighted by Crippen LogP contribution is -2.40. The summed E-state index contributed by atoms with van der Waals surface area (Å²) in [6.07, 6.45) is 9.84. The highest BCUT2D eigenvalue weighted by atomic mass is 16.9. The molecule has 0 spiro atoms. The molecular weight excluding hydrogens is 228 g/mol. The molecule has 1 saturated heterocycles. The molecule has 0 aromatic carbocycles. The van der Waals surface area contributed by atoms with Crippen LogP contribution in [0.1, 0.15) is 78.6 Å². The number of ether oxygens (including phenoxy) is 3. The molecule has 0 N–H and O–H groups in total. The molecule has 1 fully saturated rings. The molecule has 0 bridgehead atoms. The summed E-state index contributed by atoms with van der Waals surface area (Å²) in [5.74, 6) is 0. The van der Waals surface area contributed by atoms with Crippen molar-refractivity contribution >= 4 is 0 Å². The second-order valence-corrected chi connectivity index (χ2v) is 5.12. The van der Waals surface area contributed by atoms with Gasteiger partial charge in [-0.15, -0.1) is 0 Å². The van der Waals surface area contributed by atoms with Crippen LogP contribution in [0.2, 0.25) is 0 Å². The third-order valence-electron chi connectivity index (χ3n) is 3.29. The lowest BCUT2D eigenvalue weighted by Gasteiger charge is -2.36. The smallest absolute Gasteiger partial charge is 0.163 e. The maximum atomic E-state index is 5.86. The van der Waals surface area contributed by atoms with Crippen LogP contribution in [0.15, 0.2) is 0 Å². The monoisotopic (exact) mass is 258 g/mol. The van der Waals surface area contributed by atoms with Crippen molar-refractivity contribution in [2.24, 2.45) is 0 Å². The van der Waals surface area contributed by atoms with Gasteiger partial charge in [-0.1, -0.05) is 40.0 Å². The van der Waals surface area contributed by atoms with E-state index in [2.05, 4.69) is 20.8 Å². The van der Waals surface area contributed by atoms with Crippen LogP contribution >= 0.6 is 0 Å². The van der Waals surface area contributed by atoms with E-state index in [1.54, 1.807) is 0 Å². The minimum absolute atomic E-state index is 0.0533. The second-order valence-electron chi connectivity index (χ2n) is 5.12. The first-order valence-corrected chi connectivity index (χ1v) is 7.76. The van der Waals surface area contributed by atoms with Crippen LogP contribution in [-0.4, -0.2) is 18.9 Å². The Morgan fingerprint density at radius 2 is 0.833 bits per heavy atom. The van der Waals surface area contributed by atoms with Crippen molar-refractivity contribution in [2.75, 3.05) is 0 Å². The second kappa shape index (κ2) is 9.76. The molecule has 0 amide bonds. The Labute approximate surface area is 112 Å². The lowest BCUT2D eigenvalue weighted by molar-refractivity contribution is -0.386. The van der Waals surface area contributed by atoms with Crippen molar-refractivity contribution in [2.45, 2.75) is 97.4 Å². The van der Waals surface area contributed by atoms with E-state index in [1.165, 1.54) is 19.3 Å². The molecule has 3 heteroatoms. The molecule has 1 heterocycles. The van der Waals surface area contributed by atoms with Crippen molar-refractivity contribution in [1.82, 2.24) is 0 Å². The van der Waals surface area contributed by atoms with Gasteiger partial charge in [0, 0.05) is 0 Å². The van der Waals surface area contributed by atoms with Crippen LogP contribution in [0.5, 0.6) is 0 Å². The van der Waals surface area contributed by atoms with Gasteiger partial charge in [-0.05, 0) is 38.5 Å². The van der Waals surface area contributed by atoms with Gasteiger partial charge < -0.3 is 14.2 Å². The third-order valence-corrected chi connectivity index (χ3v) is 3.29. The summed E-state index contributed by atoms with van der Waals surface area (Å²) in [6, 6.07) is 0. The summed E-state index contributed by atoms with van der Waals surface area (Å²) < 4.78 is 17.6. The highest BCUT2D eigenvalue weighted by Crippen LogP contribution is 2.25. The van der Waals surface area contributed by atoms with E-state index >= 15 is 0 Å². The zero-order valence-electron chi connectivity index (χ0n) is 12.3. The van der Waals surface area contributed by atoms with Crippen LogP contribution in [0, 0.1) is 0 Å². The maximum absolute atomic E-state index is 5.86. The summed E-state index contributed by atoms with van der Waals surface area (Å²) in [6.45, 7) is 6.59. The first-order chi connectivity index (χ1) is 8.80. The molecule has 3 nitrogen and oxygen atoms in total. The highest BCUT2D eigenvalue weighted by molar-refractivity contribution is 4.60. The third kappa shape index (κ3) is 6.17. The van der Waals surface area contributed by atoms with Gasteiger partial charge in [-0.3, -0.25) is 0 Å². The normalized spacial score (nSPS) is 28.5. The molecule has 0 aromatic rings. The molecule has 0 unspecified atom stereocenters. The first kappa shape index (κ1) is 15.9. The number of rotatable bonds is 9. The number of hydrogen-bond acceptors (Lipinski definition) is 3. The van der Waals surface area contributed by atoms with E-state index in [1.807, 2.05) is 0 Å². The Hall–Kier alpha value is -0.120. The van der Waals surface area contributed by atoms with Gasteiger partial charge in [0.1, 0.15) is 0 Å². The van der Waals surface area contributed by atoms with Crippen LogP contribution in [0.4, 0.5) is 0 Å². The molecule has 108 valence electrons. The van der Waals surface area contributed by atoms with E-state index < -0.39 is 0 Å². The molecule has 0 aromatic heterocycles. The van der Waals surface area contributed by atoms with E-state index in [0.29, 0.717) is 0 Å². The Kier molecular flexibility index (Phi) is 8.64. The van der Waals surface area contributed by atoms with E-state index in [9.17, 15) is 0 Å². The molecule has 0 aliphatic carbocycles. The van der Waals surface area contributed by atoms with Crippen LogP contribution in [0.25, 0.3) is 0 Å². The Balaban J connectivity index is 2.38. The van der Waals surface area contributed by atoms with Crippen molar-refractivity contribution in [1.29, 1.82) is 0 Å². The molecule has 0 atom stereocenters. The Morgan fingerprint density at radius 1 is 0.556 bits per heavy atom. The topological polar surface area (TPSA) is 27.7 Å². The van der Waals surface area contributed by atoms with E-state index in [-0.39, 0.29) is 18.9 Å². The summed E-state index contributed by atoms with van der Waals surface area (Å²) in [5, 5.41) is 0. The fraction of sp³-hybridized carbons (Fsp3) is 1.00. The van der Waals surface area contributed by atoms with Crippen molar-refractivity contribution in [3.05, 3.63) is 0 Å². The molecule has 0 saturated carbocycles. The van der Waals surface area contributed by atoms with Crippen LogP contribution in [-0.2, 0) is 14.2 Å². The Bertz CT molecular complexity index is 157. The quantitative estimate of drug-likeness (QED) is 0.605. The van der Waals surface area contributed by atoms with Crippen molar-refractivity contribution in [3.8, 4) is 0 Å². The van der Waals surface area contributed by atoms with Gasteiger partial charge in [0.15, 0.2) is 18.9 Å². The fourth-order valence-corrected chi connectivity index (χ4v) is 2.12. The molecule has 1 aliphatic rings. The van der Waals surface area contributed by atoms with Crippen LogP contribution in [0.3, 0.4) is 0 Å². The number of hydrogen-bond donors (Lipinski definition) is 0. The zero-order chi connectivity index (χ0) is 13.2. The van der Waals surface area contributed by atoms with Gasteiger partial charge in [-0.2, -0.15) is 0 Å². The van der Waals surface area contributed by atoms with Gasteiger partial charge in [0.2, 0.25) is 0 Å². The molecular formula is C15H30O3. The highest BCUT2D eigenvalue weighted by Gasteiger charge is 2.29. The molecule has 1 aliphatic heterocycles. The lowest BCUT2D eigenvalue weighted by atomic mass is 10.2. The van der Waals surface area contributed by atoms with Gasteiger partial charge in [0.05, 0.1) is 0 Å². The SMILES string of the molecule is CCCCC1OC(CCCC)OC(CCCC)O1. The summed E-state index contributed by atoms with van der Waals surface area (Å²) in [5.41, 5.74) is 0. The molecule has 1 rings (SSSR count). The minimum atomic E-state index is -0.0533. The predicted molar refractivity (Wildman–Crippen MR) is 73.2 cm³/mol. The average molecular weight is 258 g/mol. The molecule has 18 heavy (non-hydrogen) atoms. The first-order valence-electron chi connectivity index (χ1n) is 7.76.